The molecule has 0 N–H and O–H groups in total. The SMILES string of the molecule is CCC(=O)COc1ccc([N+](=O)[O-])cc1Cl. The molecular formula is C10H10ClNO4. The lowest BCUT2D eigenvalue weighted by atomic mass is 10.3. The molecule has 0 unspecified atom stereocenters. The third-order valence-corrected chi connectivity index (χ3v) is 2.20. The molecule has 1 aromatic rings. The van der Waals surface area contributed by atoms with E-state index in [0.29, 0.717) is 6.42 Å². The lowest BCUT2D eigenvalue weighted by Gasteiger charge is -2.05. The second kappa shape index (κ2) is 5.46. The number of carbonyl (C=O) groups is 1. The molecular weight excluding hydrogens is 234 g/mol. The molecule has 0 heterocycles. The topological polar surface area (TPSA) is 69.4 Å². The summed E-state index contributed by atoms with van der Waals surface area (Å²) in [6, 6.07) is 3.84. The van der Waals surface area contributed by atoms with Crippen LogP contribution in [0.5, 0.6) is 5.75 Å². The van der Waals surface area contributed by atoms with Crippen LogP contribution in [0.1, 0.15) is 13.3 Å². The number of nitro groups is 1. The van der Waals surface area contributed by atoms with E-state index in [0.717, 1.165) is 0 Å². The van der Waals surface area contributed by atoms with Gasteiger partial charge in [-0.2, -0.15) is 0 Å². The van der Waals surface area contributed by atoms with E-state index in [-0.39, 0.29) is 28.8 Å². The number of halogens is 1. The maximum Gasteiger partial charge on any atom is 0.271 e. The molecule has 0 aromatic heterocycles. The zero-order valence-electron chi connectivity index (χ0n) is 8.60. The van der Waals surface area contributed by atoms with Gasteiger partial charge in [-0.05, 0) is 6.07 Å². The van der Waals surface area contributed by atoms with Crippen LogP contribution in [0.25, 0.3) is 0 Å². The van der Waals surface area contributed by atoms with Crippen molar-refractivity contribution in [3.63, 3.8) is 0 Å². The van der Waals surface area contributed by atoms with E-state index in [1.807, 2.05) is 0 Å². The third kappa shape index (κ3) is 3.20. The molecule has 1 aromatic carbocycles. The Morgan fingerprint density at radius 1 is 1.56 bits per heavy atom. The van der Waals surface area contributed by atoms with Gasteiger partial charge in [-0.1, -0.05) is 18.5 Å². The number of Topliss-reactive ketones (excluding diaryl/α,β-unsaturated/α-hetero) is 1. The summed E-state index contributed by atoms with van der Waals surface area (Å²) >= 11 is 5.76. The van der Waals surface area contributed by atoms with Crippen LogP contribution < -0.4 is 4.74 Å². The van der Waals surface area contributed by atoms with Crippen LogP contribution in [0.4, 0.5) is 5.69 Å². The van der Waals surface area contributed by atoms with E-state index in [9.17, 15) is 14.9 Å². The maximum atomic E-state index is 11.0. The summed E-state index contributed by atoms with van der Waals surface area (Å²) in [4.78, 5) is 20.9. The van der Waals surface area contributed by atoms with Gasteiger partial charge in [0.2, 0.25) is 0 Å². The summed E-state index contributed by atoms with van der Waals surface area (Å²) in [7, 11) is 0. The van der Waals surface area contributed by atoms with Crippen molar-refractivity contribution in [3.8, 4) is 5.75 Å². The Kier molecular flexibility index (Phi) is 4.25. The van der Waals surface area contributed by atoms with Gasteiger partial charge in [-0.15, -0.1) is 0 Å². The Labute approximate surface area is 97.1 Å². The van der Waals surface area contributed by atoms with Gasteiger partial charge >= 0.3 is 0 Å². The van der Waals surface area contributed by atoms with E-state index in [1.54, 1.807) is 6.92 Å². The Hall–Kier alpha value is -1.62. The molecule has 86 valence electrons. The number of hydrogen-bond donors (Lipinski definition) is 0. The molecule has 5 nitrogen and oxygen atoms in total. The van der Waals surface area contributed by atoms with Crippen molar-refractivity contribution in [2.45, 2.75) is 13.3 Å². The fraction of sp³-hybridized carbons (Fsp3) is 0.300. The van der Waals surface area contributed by atoms with Gasteiger partial charge < -0.3 is 4.74 Å². The van der Waals surface area contributed by atoms with Crippen molar-refractivity contribution >= 4 is 23.1 Å². The van der Waals surface area contributed by atoms with E-state index in [1.165, 1.54) is 18.2 Å². The van der Waals surface area contributed by atoms with E-state index in [4.69, 9.17) is 16.3 Å². The van der Waals surface area contributed by atoms with Crippen LogP contribution in [0.15, 0.2) is 18.2 Å². The monoisotopic (exact) mass is 243 g/mol. The minimum absolute atomic E-state index is 0.0607. The summed E-state index contributed by atoms with van der Waals surface area (Å²) in [5, 5.41) is 10.6. The summed E-state index contributed by atoms with van der Waals surface area (Å²) in [5.41, 5.74) is -0.112. The standard InChI is InChI=1S/C10H10ClNO4/c1-2-8(13)6-16-10-4-3-7(12(14)15)5-9(10)11/h3-5H,2,6H2,1H3. The van der Waals surface area contributed by atoms with Crippen molar-refractivity contribution in [1.82, 2.24) is 0 Å². The first kappa shape index (κ1) is 12.4. The summed E-state index contributed by atoms with van der Waals surface area (Å²) in [5.74, 6) is 0.212. The van der Waals surface area contributed by atoms with Crippen LogP contribution in [-0.4, -0.2) is 17.3 Å². The number of nitrogens with zero attached hydrogens (tertiary/aromatic N) is 1. The van der Waals surface area contributed by atoms with Gasteiger partial charge in [0.05, 0.1) is 9.95 Å². The number of ether oxygens (including phenoxy) is 1. The van der Waals surface area contributed by atoms with Crippen molar-refractivity contribution < 1.29 is 14.5 Å². The van der Waals surface area contributed by atoms with Crippen LogP contribution >= 0.6 is 11.6 Å². The fourth-order valence-electron chi connectivity index (χ4n) is 0.981. The molecule has 0 bridgehead atoms. The normalized spacial score (nSPS) is 9.88. The lowest BCUT2D eigenvalue weighted by Crippen LogP contribution is -2.09. The molecule has 0 radical (unpaired) electrons. The molecule has 0 spiro atoms. The predicted octanol–water partition coefficient (Wildman–Crippen LogP) is 2.61. The van der Waals surface area contributed by atoms with Crippen LogP contribution in [0, 0.1) is 10.1 Å². The number of nitro benzene ring substituents is 1. The summed E-state index contributed by atoms with van der Waals surface area (Å²) in [6.45, 7) is 1.65. The average molecular weight is 244 g/mol. The quantitative estimate of drug-likeness (QED) is 0.589. The highest BCUT2D eigenvalue weighted by Crippen LogP contribution is 2.28. The first-order chi connectivity index (χ1) is 7.54. The number of ketones is 1. The van der Waals surface area contributed by atoms with E-state index >= 15 is 0 Å². The third-order valence-electron chi connectivity index (χ3n) is 1.91. The minimum atomic E-state index is -0.549. The van der Waals surface area contributed by atoms with E-state index in [2.05, 4.69) is 0 Å². The highest BCUT2D eigenvalue weighted by molar-refractivity contribution is 6.32. The molecule has 0 saturated heterocycles. The zero-order valence-corrected chi connectivity index (χ0v) is 9.36. The van der Waals surface area contributed by atoms with Crippen LogP contribution in [0.2, 0.25) is 5.02 Å². The molecule has 16 heavy (non-hydrogen) atoms. The summed E-state index contributed by atoms with van der Waals surface area (Å²) < 4.78 is 5.12. The van der Waals surface area contributed by atoms with Gasteiger partial charge in [-0.25, -0.2) is 0 Å². The van der Waals surface area contributed by atoms with Crippen molar-refractivity contribution in [2.24, 2.45) is 0 Å². The minimum Gasteiger partial charge on any atom is -0.484 e. The Bertz CT molecular complexity index is 419. The van der Waals surface area contributed by atoms with Crippen molar-refractivity contribution in [2.75, 3.05) is 6.61 Å². The number of rotatable bonds is 5. The average Bonchev–Trinajstić information content (AvgIpc) is 2.26. The Morgan fingerprint density at radius 2 is 2.25 bits per heavy atom. The van der Waals surface area contributed by atoms with Gasteiger partial charge in [0.25, 0.3) is 5.69 Å². The molecule has 0 saturated carbocycles. The first-order valence-electron chi connectivity index (χ1n) is 4.63. The van der Waals surface area contributed by atoms with Crippen LogP contribution in [-0.2, 0) is 4.79 Å². The smallest absolute Gasteiger partial charge is 0.271 e. The van der Waals surface area contributed by atoms with Crippen LogP contribution in [0.3, 0.4) is 0 Å². The lowest BCUT2D eigenvalue weighted by molar-refractivity contribution is -0.384. The largest absolute Gasteiger partial charge is 0.484 e. The highest BCUT2D eigenvalue weighted by atomic mass is 35.5. The Morgan fingerprint density at radius 3 is 2.75 bits per heavy atom. The number of hydrogen-bond acceptors (Lipinski definition) is 4. The maximum absolute atomic E-state index is 11.0. The molecule has 6 heteroatoms. The Balaban J connectivity index is 2.75. The first-order valence-corrected chi connectivity index (χ1v) is 5.00. The molecule has 0 fully saturated rings. The molecule has 0 aliphatic rings. The van der Waals surface area contributed by atoms with Crippen molar-refractivity contribution in [3.05, 3.63) is 33.3 Å². The zero-order chi connectivity index (χ0) is 12.1. The number of carbonyl (C=O) groups excluding carboxylic acids is 1. The molecule has 1 rings (SSSR count). The van der Waals surface area contributed by atoms with Gasteiger partial charge in [-0.3, -0.25) is 14.9 Å². The van der Waals surface area contributed by atoms with Crippen molar-refractivity contribution in [1.29, 1.82) is 0 Å². The molecule has 0 amide bonds. The molecule has 0 aliphatic carbocycles. The fourth-order valence-corrected chi connectivity index (χ4v) is 1.21. The van der Waals surface area contributed by atoms with Gasteiger partial charge in [0.15, 0.2) is 5.78 Å². The van der Waals surface area contributed by atoms with Gasteiger partial charge in [0, 0.05) is 18.6 Å². The number of non-ortho nitro benzene ring substituents is 1. The second-order valence-corrected chi connectivity index (χ2v) is 3.46. The molecule has 0 atom stereocenters. The predicted molar refractivity (Wildman–Crippen MR) is 58.9 cm³/mol. The summed E-state index contributed by atoms with van der Waals surface area (Å²) in [6.07, 6.45) is 0.380. The number of benzene rings is 1. The van der Waals surface area contributed by atoms with Gasteiger partial charge in [0.1, 0.15) is 12.4 Å². The molecule has 0 aliphatic heterocycles. The van der Waals surface area contributed by atoms with E-state index < -0.39 is 4.92 Å². The highest BCUT2D eigenvalue weighted by Gasteiger charge is 2.10. The second-order valence-electron chi connectivity index (χ2n) is 3.05.